The molecule has 3 fully saturated rings. The number of hydrogen-bond donors (Lipinski definition) is 1. The van der Waals surface area contributed by atoms with Gasteiger partial charge in [0.15, 0.2) is 0 Å². The molecule has 3 aliphatic rings. The molecule has 0 aromatic heterocycles. The number of piperidine rings is 2. The lowest BCUT2D eigenvalue weighted by molar-refractivity contribution is -0.143. The third-order valence-corrected chi connectivity index (χ3v) is 4.69. The first-order valence-electron chi connectivity index (χ1n) is 6.89. The molecule has 0 aromatic rings. The summed E-state index contributed by atoms with van der Waals surface area (Å²) in [4.78, 5) is 25.7. The molecule has 5 heteroatoms. The Kier molecular flexibility index (Phi) is 2.92. The van der Waals surface area contributed by atoms with Gasteiger partial charge in [0.2, 0.25) is 5.91 Å². The second kappa shape index (κ2) is 4.44. The first-order valence-corrected chi connectivity index (χ1v) is 6.89. The van der Waals surface area contributed by atoms with Crippen LogP contribution in [0.5, 0.6) is 0 Å². The van der Waals surface area contributed by atoms with E-state index in [4.69, 9.17) is 4.74 Å². The van der Waals surface area contributed by atoms with Gasteiger partial charge in [0.05, 0.1) is 0 Å². The van der Waals surface area contributed by atoms with Gasteiger partial charge in [0, 0.05) is 31.5 Å². The van der Waals surface area contributed by atoms with Crippen molar-refractivity contribution < 1.29 is 14.3 Å². The number of rotatable bonds is 1. The second-order valence-electron chi connectivity index (χ2n) is 5.62. The number of nitrogens with one attached hydrogen (secondary N) is 1. The number of fused-ring (bicyclic) bond motifs is 4. The zero-order valence-corrected chi connectivity index (χ0v) is 10.7. The molecule has 5 nitrogen and oxygen atoms in total. The van der Waals surface area contributed by atoms with Gasteiger partial charge in [0.25, 0.3) is 0 Å². The summed E-state index contributed by atoms with van der Waals surface area (Å²) in [6.07, 6.45) is 4.53. The highest BCUT2D eigenvalue weighted by Crippen LogP contribution is 2.45. The summed E-state index contributed by atoms with van der Waals surface area (Å²) < 4.78 is 5.44. The van der Waals surface area contributed by atoms with Gasteiger partial charge in [-0.05, 0) is 32.1 Å². The van der Waals surface area contributed by atoms with E-state index in [1.54, 1.807) is 7.05 Å². The fraction of sp³-hybridized carbons (Fsp3) is 0.846. The maximum Gasteiger partial charge on any atom is 0.407 e. The Morgan fingerprint density at radius 2 is 2.22 bits per heavy atom. The van der Waals surface area contributed by atoms with E-state index in [1.165, 1.54) is 6.42 Å². The third kappa shape index (κ3) is 1.76. The van der Waals surface area contributed by atoms with Crippen LogP contribution in [0.1, 0.15) is 32.1 Å². The van der Waals surface area contributed by atoms with Gasteiger partial charge in [-0.25, -0.2) is 4.79 Å². The molecule has 1 N–H and O–H groups in total. The smallest absolute Gasteiger partial charge is 0.407 e. The van der Waals surface area contributed by atoms with E-state index in [-0.39, 0.29) is 18.1 Å². The molecule has 0 unspecified atom stereocenters. The van der Waals surface area contributed by atoms with Crippen molar-refractivity contribution in [3.8, 4) is 0 Å². The van der Waals surface area contributed by atoms with Gasteiger partial charge >= 0.3 is 6.09 Å². The fourth-order valence-electron chi connectivity index (χ4n) is 3.88. The predicted molar refractivity (Wildman–Crippen MR) is 64.9 cm³/mol. The second-order valence-corrected chi connectivity index (χ2v) is 5.62. The third-order valence-electron chi connectivity index (χ3n) is 4.69. The molecule has 4 atom stereocenters. The Balaban J connectivity index is 1.78. The minimum absolute atomic E-state index is 0.0769. The predicted octanol–water partition coefficient (Wildman–Crippen LogP) is 1.13. The highest BCUT2D eigenvalue weighted by molar-refractivity contribution is 5.81. The van der Waals surface area contributed by atoms with Crippen molar-refractivity contribution >= 4 is 12.0 Å². The Morgan fingerprint density at radius 3 is 3.00 bits per heavy atom. The molecule has 2 bridgehead atoms. The van der Waals surface area contributed by atoms with Crippen LogP contribution in [0.2, 0.25) is 0 Å². The molecule has 2 amide bonds. The summed E-state index contributed by atoms with van der Waals surface area (Å²) in [7, 11) is 1.57. The summed E-state index contributed by atoms with van der Waals surface area (Å²) in [6, 6.07) is 0.305. The molecule has 0 radical (unpaired) electrons. The average molecular weight is 252 g/mol. The summed E-state index contributed by atoms with van der Waals surface area (Å²) in [5.74, 6) is 0.725. The molecule has 2 saturated heterocycles. The number of carbonyl (C=O) groups excluding carboxylic acids is 2. The molecule has 3 rings (SSSR count). The van der Waals surface area contributed by atoms with Crippen LogP contribution in [-0.4, -0.2) is 42.6 Å². The number of carbonyl (C=O) groups is 2. The van der Waals surface area contributed by atoms with Gasteiger partial charge in [-0.3, -0.25) is 4.79 Å². The quantitative estimate of drug-likeness (QED) is 0.761. The van der Waals surface area contributed by atoms with Crippen molar-refractivity contribution in [1.29, 1.82) is 0 Å². The number of amides is 2. The largest absolute Gasteiger partial charge is 0.446 e. The van der Waals surface area contributed by atoms with E-state index in [9.17, 15) is 9.59 Å². The Labute approximate surface area is 107 Å². The van der Waals surface area contributed by atoms with Gasteiger partial charge in [-0.2, -0.15) is 0 Å². The number of alkyl carbamates (subject to hydrolysis) is 1. The van der Waals surface area contributed by atoms with Crippen molar-refractivity contribution in [1.82, 2.24) is 10.2 Å². The summed E-state index contributed by atoms with van der Waals surface area (Å²) in [5, 5.41) is 2.50. The lowest BCUT2D eigenvalue weighted by Gasteiger charge is -2.43. The van der Waals surface area contributed by atoms with Crippen LogP contribution in [0.15, 0.2) is 0 Å². The van der Waals surface area contributed by atoms with E-state index < -0.39 is 0 Å². The Bertz CT molecular complexity index is 371. The molecular formula is C13H20N2O3. The molecule has 1 saturated carbocycles. The lowest BCUT2D eigenvalue weighted by atomic mass is 9.84. The lowest BCUT2D eigenvalue weighted by Crippen LogP contribution is -2.53. The maximum atomic E-state index is 12.3. The molecule has 0 aromatic carbocycles. The van der Waals surface area contributed by atoms with Crippen molar-refractivity contribution in [2.24, 2.45) is 11.8 Å². The summed E-state index contributed by atoms with van der Waals surface area (Å²) in [6.45, 7) is 0.892. The van der Waals surface area contributed by atoms with E-state index in [0.29, 0.717) is 24.3 Å². The van der Waals surface area contributed by atoms with Crippen molar-refractivity contribution in [3.63, 3.8) is 0 Å². The molecule has 0 spiro atoms. The van der Waals surface area contributed by atoms with Crippen LogP contribution in [0, 0.1) is 11.8 Å². The molecule has 100 valence electrons. The van der Waals surface area contributed by atoms with Gasteiger partial charge in [-0.15, -0.1) is 0 Å². The average Bonchev–Trinajstić information content (AvgIpc) is 2.77. The zero-order chi connectivity index (χ0) is 12.7. The minimum Gasteiger partial charge on any atom is -0.446 e. The van der Waals surface area contributed by atoms with E-state index in [0.717, 1.165) is 25.8 Å². The molecule has 2 heterocycles. The first kappa shape index (κ1) is 11.8. The highest BCUT2D eigenvalue weighted by atomic mass is 16.6. The Hall–Kier alpha value is -1.26. The number of ether oxygens (including phenoxy) is 1. The van der Waals surface area contributed by atoms with Gasteiger partial charge < -0.3 is 15.0 Å². The van der Waals surface area contributed by atoms with Crippen molar-refractivity contribution in [2.75, 3.05) is 13.6 Å². The Morgan fingerprint density at radius 1 is 1.39 bits per heavy atom. The van der Waals surface area contributed by atoms with Crippen LogP contribution in [0.25, 0.3) is 0 Å². The topological polar surface area (TPSA) is 58.6 Å². The standard InChI is InChI=1S/C13H20N2O3/c1-14-13(17)18-11-7-8-6-9(11)10-4-2-3-5-15(10)12(8)16/h8-11H,2-7H2,1H3,(H,14,17)/t8-,9-,10-,11-/m1/s1. The minimum atomic E-state index is -0.373. The van der Waals surface area contributed by atoms with Gasteiger partial charge in [0.1, 0.15) is 6.10 Å². The zero-order valence-electron chi connectivity index (χ0n) is 10.7. The summed E-state index contributed by atoms with van der Waals surface area (Å²) >= 11 is 0. The first-order chi connectivity index (χ1) is 8.70. The monoisotopic (exact) mass is 252 g/mol. The van der Waals surface area contributed by atoms with Crippen LogP contribution < -0.4 is 5.32 Å². The van der Waals surface area contributed by atoms with Crippen LogP contribution >= 0.6 is 0 Å². The number of nitrogens with zero attached hydrogens (tertiary/aromatic N) is 1. The van der Waals surface area contributed by atoms with Crippen LogP contribution in [0.3, 0.4) is 0 Å². The van der Waals surface area contributed by atoms with Crippen LogP contribution in [0.4, 0.5) is 4.79 Å². The maximum absolute atomic E-state index is 12.3. The summed E-state index contributed by atoms with van der Waals surface area (Å²) in [5.41, 5.74) is 0. The van der Waals surface area contributed by atoms with E-state index in [2.05, 4.69) is 10.2 Å². The molecule has 18 heavy (non-hydrogen) atoms. The molecule has 2 aliphatic heterocycles. The van der Waals surface area contributed by atoms with Gasteiger partial charge in [-0.1, -0.05) is 0 Å². The van der Waals surface area contributed by atoms with E-state index in [1.807, 2.05) is 0 Å². The SMILES string of the molecule is CNC(=O)O[C@@H]1C[C@H]2C[C@@H]1[C@H]1CCCCN1C2=O. The molecular weight excluding hydrogens is 232 g/mol. The molecule has 1 aliphatic carbocycles. The fourth-order valence-corrected chi connectivity index (χ4v) is 3.88. The highest BCUT2D eigenvalue weighted by Gasteiger charge is 2.52. The number of hydrogen-bond acceptors (Lipinski definition) is 3. The van der Waals surface area contributed by atoms with E-state index >= 15 is 0 Å². The van der Waals surface area contributed by atoms with Crippen LogP contribution in [-0.2, 0) is 9.53 Å². The van der Waals surface area contributed by atoms with Crippen molar-refractivity contribution in [2.45, 2.75) is 44.2 Å². The van der Waals surface area contributed by atoms with Crippen molar-refractivity contribution in [3.05, 3.63) is 0 Å². The normalized spacial score (nSPS) is 38.3.